The van der Waals surface area contributed by atoms with Gasteiger partial charge in [-0.25, -0.2) is 4.98 Å². The van der Waals surface area contributed by atoms with Crippen molar-refractivity contribution in [1.82, 2.24) is 10.3 Å². The lowest BCUT2D eigenvalue weighted by molar-refractivity contribution is 0.645. The monoisotopic (exact) mass is 210 g/mol. The van der Waals surface area contributed by atoms with Crippen LogP contribution >= 0.6 is 11.3 Å². The van der Waals surface area contributed by atoms with E-state index in [9.17, 15) is 0 Å². The summed E-state index contributed by atoms with van der Waals surface area (Å²) in [4.78, 5) is 5.85. The van der Waals surface area contributed by atoms with Crippen molar-refractivity contribution >= 4 is 11.3 Å². The maximum Gasteiger partial charge on any atom is 0.0959 e. The molecule has 0 aromatic carbocycles. The Morgan fingerprint density at radius 3 is 3.14 bits per heavy atom. The standard InChI is InChI=1S/C11H18N2S/c1-2-3-6-12-7-10-8-13-11(14-10)9-4-5-9/h8-9,12H,2-7H2,1H3. The third-order valence-electron chi connectivity index (χ3n) is 2.50. The van der Waals surface area contributed by atoms with Crippen molar-refractivity contribution in [2.75, 3.05) is 6.54 Å². The lowest BCUT2D eigenvalue weighted by Gasteiger charge is -1.99. The number of nitrogens with zero attached hydrogens (tertiary/aromatic N) is 1. The van der Waals surface area contributed by atoms with Crippen molar-refractivity contribution < 1.29 is 0 Å². The number of hydrogen-bond donors (Lipinski definition) is 1. The second-order valence-electron chi connectivity index (χ2n) is 3.97. The Kier molecular flexibility index (Phi) is 3.54. The van der Waals surface area contributed by atoms with Crippen molar-refractivity contribution in [1.29, 1.82) is 0 Å². The van der Waals surface area contributed by atoms with Crippen LogP contribution in [-0.4, -0.2) is 11.5 Å². The van der Waals surface area contributed by atoms with Gasteiger partial charge in [0.05, 0.1) is 5.01 Å². The van der Waals surface area contributed by atoms with Crippen LogP contribution in [-0.2, 0) is 6.54 Å². The number of aromatic nitrogens is 1. The van der Waals surface area contributed by atoms with Crippen LogP contribution in [0.25, 0.3) is 0 Å². The topological polar surface area (TPSA) is 24.9 Å². The first-order valence-corrected chi connectivity index (χ1v) is 6.37. The molecule has 0 bridgehead atoms. The van der Waals surface area contributed by atoms with Crippen LogP contribution in [0.15, 0.2) is 6.20 Å². The highest BCUT2D eigenvalue weighted by Crippen LogP contribution is 2.41. The van der Waals surface area contributed by atoms with Crippen molar-refractivity contribution in [2.24, 2.45) is 0 Å². The molecule has 3 heteroatoms. The summed E-state index contributed by atoms with van der Waals surface area (Å²) in [5.74, 6) is 0.810. The molecule has 1 aliphatic carbocycles. The Balaban J connectivity index is 1.72. The van der Waals surface area contributed by atoms with Gasteiger partial charge in [0.2, 0.25) is 0 Å². The van der Waals surface area contributed by atoms with Crippen LogP contribution in [0.2, 0.25) is 0 Å². The van der Waals surface area contributed by atoms with Crippen molar-refractivity contribution in [3.63, 3.8) is 0 Å². The fourth-order valence-corrected chi connectivity index (χ4v) is 2.49. The first-order valence-electron chi connectivity index (χ1n) is 5.55. The molecule has 2 nitrogen and oxygen atoms in total. The normalized spacial score (nSPS) is 16.1. The van der Waals surface area contributed by atoms with E-state index in [0.29, 0.717) is 0 Å². The van der Waals surface area contributed by atoms with E-state index in [2.05, 4.69) is 17.2 Å². The first-order chi connectivity index (χ1) is 6.90. The maximum absolute atomic E-state index is 4.46. The fraction of sp³-hybridized carbons (Fsp3) is 0.727. The second-order valence-corrected chi connectivity index (χ2v) is 5.12. The molecule has 2 rings (SSSR count). The highest BCUT2D eigenvalue weighted by molar-refractivity contribution is 7.11. The molecule has 78 valence electrons. The van der Waals surface area contributed by atoms with Gasteiger partial charge in [-0.05, 0) is 25.8 Å². The van der Waals surface area contributed by atoms with Crippen molar-refractivity contribution in [3.05, 3.63) is 16.1 Å². The summed E-state index contributed by atoms with van der Waals surface area (Å²) in [5.41, 5.74) is 0. The molecular formula is C11H18N2S. The van der Waals surface area contributed by atoms with Crippen molar-refractivity contribution in [3.8, 4) is 0 Å². The average Bonchev–Trinajstić information content (AvgIpc) is 2.94. The third kappa shape index (κ3) is 2.79. The number of thiazole rings is 1. The smallest absolute Gasteiger partial charge is 0.0959 e. The molecule has 0 aliphatic heterocycles. The van der Waals surface area contributed by atoms with Crippen LogP contribution in [0.1, 0.15) is 48.4 Å². The van der Waals surface area contributed by atoms with Crippen LogP contribution in [0.5, 0.6) is 0 Å². The Hall–Kier alpha value is -0.410. The molecule has 0 saturated heterocycles. The van der Waals surface area contributed by atoms with Crippen molar-refractivity contribution in [2.45, 2.75) is 45.1 Å². The van der Waals surface area contributed by atoms with E-state index in [1.165, 1.54) is 35.6 Å². The molecule has 1 aliphatic rings. The molecule has 1 N–H and O–H groups in total. The van der Waals surface area contributed by atoms with E-state index in [4.69, 9.17) is 0 Å². The van der Waals surface area contributed by atoms with Crippen LogP contribution in [0.4, 0.5) is 0 Å². The third-order valence-corrected chi connectivity index (χ3v) is 3.66. The van der Waals surface area contributed by atoms with E-state index < -0.39 is 0 Å². The van der Waals surface area contributed by atoms with Gasteiger partial charge in [-0.15, -0.1) is 11.3 Å². The van der Waals surface area contributed by atoms with Gasteiger partial charge in [0.25, 0.3) is 0 Å². The van der Waals surface area contributed by atoms with E-state index in [-0.39, 0.29) is 0 Å². The summed E-state index contributed by atoms with van der Waals surface area (Å²) in [6, 6.07) is 0. The van der Waals surface area contributed by atoms with Gasteiger partial charge >= 0.3 is 0 Å². The lowest BCUT2D eigenvalue weighted by Crippen LogP contribution is -2.13. The molecule has 0 amide bonds. The van der Waals surface area contributed by atoms with Crippen LogP contribution < -0.4 is 5.32 Å². The van der Waals surface area contributed by atoms with Gasteiger partial charge < -0.3 is 5.32 Å². The Morgan fingerprint density at radius 2 is 2.43 bits per heavy atom. The summed E-state index contributed by atoms with van der Waals surface area (Å²) in [7, 11) is 0. The molecule has 0 radical (unpaired) electrons. The average molecular weight is 210 g/mol. The SMILES string of the molecule is CCCCNCc1cnc(C2CC2)s1. The summed E-state index contributed by atoms with van der Waals surface area (Å²) < 4.78 is 0. The first kappa shape index (κ1) is 10.1. The molecular weight excluding hydrogens is 192 g/mol. The zero-order valence-corrected chi connectivity index (χ0v) is 9.57. The minimum absolute atomic E-state index is 0.810. The highest BCUT2D eigenvalue weighted by Gasteiger charge is 2.26. The van der Waals surface area contributed by atoms with E-state index >= 15 is 0 Å². The highest BCUT2D eigenvalue weighted by atomic mass is 32.1. The summed E-state index contributed by atoms with van der Waals surface area (Å²) in [5, 5.41) is 4.80. The zero-order valence-electron chi connectivity index (χ0n) is 8.75. The molecule has 1 aromatic heterocycles. The number of rotatable bonds is 6. The largest absolute Gasteiger partial charge is 0.312 e. The molecule has 14 heavy (non-hydrogen) atoms. The zero-order chi connectivity index (χ0) is 9.80. The molecule has 0 atom stereocenters. The van der Waals surface area contributed by atoms with Gasteiger partial charge in [-0.3, -0.25) is 0 Å². The number of nitrogens with one attached hydrogen (secondary N) is 1. The Morgan fingerprint density at radius 1 is 1.57 bits per heavy atom. The van der Waals surface area contributed by atoms with E-state index in [1.54, 1.807) is 0 Å². The molecule has 1 heterocycles. The van der Waals surface area contributed by atoms with E-state index in [0.717, 1.165) is 19.0 Å². The van der Waals surface area contributed by atoms with Gasteiger partial charge in [0, 0.05) is 23.5 Å². The maximum atomic E-state index is 4.46. The molecule has 1 fully saturated rings. The van der Waals surface area contributed by atoms with Gasteiger partial charge in [0.15, 0.2) is 0 Å². The van der Waals surface area contributed by atoms with Crippen LogP contribution in [0.3, 0.4) is 0 Å². The minimum atomic E-state index is 0.810. The number of hydrogen-bond acceptors (Lipinski definition) is 3. The Labute approximate surface area is 89.8 Å². The fourth-order valence-electron chi connectivity index (χ4n) is 1.44. The predicted octanol–water partition coefficient (Wildman–Crippen LogP) is 2.91. The Bertz CT molecular complexity index is 279. The minimum Gasteiger partial charge on any atom is -0.312 e. The molecule has 0 unspecified atom stereocenters. The van der Waals surface area contributed by atoms with E-state index in [1.807, 2.05) is 17.5 Å². The second kappa shape index (κ2) is 4.89. The van der Waals surface area contributed by atoms with Gasteiger partial charge in [-0.1, -0.05) is 13.3 Å². The van der Waals surface area contributed by atoms with Gasteiger partial charge in [0.1, 0.15) is 0 Å². The quantitative estimate of drug-likeness (QED) is 0.730. The molecule has 1 aromatic rings. The lowest BCUT2D eigenvalue weighted by atomic mass is 10.3. The predicted molar refractivity (Wildman–Crippen MR) is 60.7 cm³/mol. The summed E-state index contributed by atoms with van der Waals surface area (Å²) in [6.07, 6.45) is 7.29. The summed E-state index contributed by atoms with van der Waals surface area (Å²) >= 11 is 1.89. The van der Waals surface area contributed by atoms with Gasteiger partial charge in [-0.2, -0.15) is 0 Å². The summed E-state index contributed by atoms with van der Waals surface area (Å²) in [6.45, 7) is 4.36. The van der Waals surface area contributed by atoms with Crippen LogP contribution in [0, 0.1) is 0 Å². The number of unbranched alkanes of at least 4 members (excludes halogenated alkanes) is 1. The molecule has 0 spiro atoms. The molecule has 1 saturated carbocycles.